The molecule has 3 aromatic carbocycles. The molecule has 3 rings (SSSR count). The molecule has 16 heteroatoms. The van der Waals surface area contributed by atoms with E-state index in [0.29, 0.717) is 99.3 Å². The molecule has 0 radical (unpaired) electrons. The van der Waals surface area contributed by atoms with E-state index in [9.17, 15) is 39.6 Å². The maximum Gasteiger partial charge on any atom is 0.338 e. The molecule has 0 saturated heterocycles. The molecule has 0 aromatic heterocycles. The number of unbranched alkanes of at least 4 members (excludes halogenated alkanes) is 4. The number of benzene rings is 3. The molecule has 0 amide bonds. The summed E-state index contributed by atoms with van der Waals surface area (Å²) in [5.74, 6) is -2.75. The molecule has 0 heterocycles. The van der Waals surface area contributed by atoms with Gasteiger partial charge in [-0.1, -0.05) is 24.3 Å². The van der Waals surface area contributed by atoms with Crippen LogP contribution in [0.1, 0.15) is 118 Å². The highest BCUT2D eigenvalue weighted by Gasteiger charge is 2.19. The van der Waals surface area contributed by atoms with Gasteiger partial charge in [-0.2, -0.15) is 0 Å². The van der Waals surface area contributed by atoms with Gasteiger partial charge in [0.1, 0.15) is 0 Å². The van der Waals surface area contributed by atoms with Crippen LogP contribution in [-0.2, 0) is 18.9 Å². The van der Waals surface area contributed by atoms with E-state index in [1.54, 1.807) is 48.5 Å². The van der Waals surface area contributed by atoms with Crippen molar-refractivity contribution in [2.75, 3.05) is 52.9 Å². The van der Waals surface area contributed by atoms with Crippen LogP contribution >= 0.6 is 0 Å². The van der Waals surface area contributed by atoms with Crippen LogP contribution in [0.5, 0.6) is 0 Å². The van der Waals surface area contributed by atoms with Gasteiger partial charge < -0.3 is 59.8 Å². The first-order valence-electron chi connectivity index (χ1n) is 21.1. The number of aliphatic hydroxyl groups excluding tert-OH is 8. The Bertz CT molecular complexity index is 1580. The molecule has 0 saturated carbocycles. The first-order valence-corrected chi connectivity index (χ1v) is 21.1. The third kappa shape index (κ3) is 18.7. The standard InChI is InChI=1S/C46H62O16/c47-27-39(51)9-1-5-17-59-43(55)35-21-33(22-36(25-35)44(56)60-18-6-2-10-40(52)28-48)31-13-15-32(16-14-31)34-23-37(45(57)61-19-7-3-11-41(53)29-49)26-38(24-34)46(58)62-20-8-4-12-42(54)30-50/h13-16,21-26,39-42,47-54H,1-12,17-20,27-30H2. The number of hydrogen-bond acceptors (Lipinski definition) is 16. The SMILES string of the molecule is O=C(OCCCCC(O)CO)c1cc(C(=O)OCCCCC(O)CO)cc(-c2ccc(-c3cc(C(=O)OCCCCC(O)CO)cc(C(=O)OCCCCC(O)CO)c3)cc2)c1. The van der Waals surface area contributed by atoms with E-state index in [1.807, 2.05) is 0 Å². The van der Waals surface area contributed by atoms with E-state index in [4.69, 9.17) is 39.4 Å². The van der Waals surface area contributed by atoms with Crippen LogP contribution in [-0.4, -0.2) is 142 Å². The molecule has 8 N–H and O–H groups in total. The van der Waals surface area contributed by atoms with Gasteiger partial charge in [-0.3, -0.25) is 0 Å². The minimum atomic E-state index is -0.859. The summed E-state index contributed by atoms with van der Waals surface area (Å²) in [5.41, 5.74) is 2.51. The lowest BCUT2D eigenvalue weighted by molar-refractivity contribution is 0.0464. The van der Waals surface area contributed by atoms with Gasteiger partial charge in [0.05, 0.1) is 99.5 Å². The quantitative estimate of drug-likeness (QED) is 0.0269. The smallest absolute Gasteiger partial charge is 0.338 e. The first-order chi connectivity index (χ1) is 29.9. The van der Waals surface area contributed by atoms with E-state index in [1.165, 1.54) is 12.1 Å². The molecular formula is C46H62O16. The molecule has 4 atom stereocenters. The minimum absolute atomic E-state index is 0.0427. The van der Waals surface area contributed by atoms with Crippen molar-refractivity contribution in [3.05, 3.63) is 82.9 Å². The monoisotopic (exact) mass is 870 g/mol. The van der Waals surface area contributed by atoms with Gasteiger partial charge in [0.15, 0.2) is 0 Å². The topological polar surface area (TPSA) is 267 Å². The normalized spacial score (nSPS) is 13.2. The van der Waals surface area contributed by atoms with Gasteiger partial charge in [-0.15, -0.1) is 0 Å². The second kappa shape index (κ2) is 28.7. The summed E-state index contributed by atoms with van der Waals surface area (Å²) in [7, 11) is 0. The van der Waals surface area contributed by atoms with E-state index < -0.39 is 48.3 Å². The lowest BCUT2D eigenvalue weighted by atomic mass is 9.95. The first kappa shape index (κ1) is 51.6. The van der Waals surface area contributed by atoms with Crippen LogP contribution in [0.15, 0.2) is 60.7 Å². The third-order valence-corrected chi connectivity index (χ3v) is 9.86. The van der Waals surface area contributed by atoms with Crippen molar-refractivity contribution in [3.8, 4) is 22.3 Å². The summed E-state index contributed by atoms with van der Waals surface area (Å²) in [6.07, 6.45) is 1.73. The highest BCUT2D eigenvalue weighted by Crippen LogP contribution is 2.29. The predicted octanol–water partition coefficient (Wildman–Crippen LogP) is 3.74. The van der Waals surface area contributed by atoms with Crippen molar-refractivity contribution in [1.82, 2.24) is 0 Å². The van der Waals surface area contributed by atoms with Crippen molar-refractivity contribution in [2.45, 2.75) is 101 Å². The van der Waals surface area contributed by atoms with Crippen molar-refractivity contribution < 1.29 is 79.0 Å². The Balaban J connectivity index is 1.88. The molecule has 0 aliphatic heterocycles. The van der Waals surface area contributed by atoms with E-state index in [0.717, 1.165) is 0 Å². The predicted molar refractivity (Wildman–Crippen MR) is 226 cm³/mol. The van der Waals surface area contributed by atoms with Gasteiger partial charge in [0, 0.05) is 0 Å². The molecule has 0 aliphatic carbocycles. The van der Waals surface area contributed by atoms with Crippen molar-refractivity contribution in [3.63, 3.8) is 0 Å². The number of hydrogen-bond donors (Lipinski definition) is 8. The maximum absolute atomic E-state index is 13.2. The molecule has 3 aromatic rings. The molecule has 62 heavy (non-hydrogen) atoms. The lowest BCUT2D eigenvalue weighted by Gasteiger charge is -2.13. The van der Waals surface area contributed by atoms with Crippen LogP contribution in [0.3, 0.4) is 0 Å². The summed E-state index contributed by atoms with van der Waals surface area (Å²) >= 11 is 0. The highest BCUT2D eigenvalue weighted by atomic mass is 16.5. The molecule has 0 bridgehead atoms. The number of ether oxygens (including phenoxy) is 4. The van der Waals surface area contributed by atoms with Crippen molar-refractivity contribution in [2.24, 2.45) is 0 Å². The molecule has 0 spiro atoms. The summed E-state index contributed by atoms with van der Waals surface area (Å²) in [6, 6.07) is 16.0. The Morgan fingerprint density at radius 2 is 0.581 bits per heavy atom. The Morgan fingerprint density at radius 1 is 0.355 bits per heavy atom. The number of esters is 4. The fourth-order valence-electron chi connectivity index (χ4n) is 6.20. The molecule has 0 aliphatic rings. The lowest BCUT2D eigenvalue weighted by Crippen LogP contribution is -2.13. The van der Waals surface area contributed by atoms with Gasteiger partial charge in [-0.05, 0) is 136 Å². The summed E-state index contributed by atoms with van der Waals surface area (Å²) in [6.45, 7) is -1.29. The van der Waals surface area contributed by atoms with Gasteiger partial charge in [-0.25, -0.2) is 19.2 Å². The molecule has 342 valence electrons. The Morgan fingerprint density at radius 3 is 0.790 bits per heavy atom. The van der Waals surface area contributed by atoms with Crippen molar-refractivity contribution in [1.29, 1.82) is 0 Å². The fraction of sp³-hybridized carbons (Fsp3) is 0.522. The zero-order valence-electron chi connectivity index (χ0n) is 35.1. The van der Waals surface area contributed by atoms with Gasteiger partial charge >= 0.3 is 23.9 Å². The molecular weight excluding hydrogens is 808 g/mol. The second-order valence-corrected chi connectivity index (χ2v) is 15.0. The van der Waals surface area contributed by atoms with Gasteiger partial charge in [0.2, 0.25) is 0 Å². The Kier molecular flexibility index (Phi) is 23.9. The zero-order chi connectivity index (χ0) is 45.3. The summed E-state index contributed by atoms with van der Waals surface area (Å²) < 4.78 is 21.8. The minimum Gasteiger partial charge on any atom is -0.462 e. The molecule has 0 fully saturated rings. The Hall–Kier alpha value is -4.78. The van der Waals surface area contributed by atoms with E-state index >= 15 is 0 Å². The molecule has 16 nitrogen and oxygen atoms in total. The average molecular weight is 871 g/mol. The summed E-state index contributed by atoms with van der Waals surface area (Å²) in [4.78, 5) is 52.9. The van der Waals surface area contributed by atoms with Crippen LogP contribution in [0.25, 0.3) is 22.3 Å². The van der Waals surface area contributed by atoms with Crippen LogP contribution < -0.4 is 0 Å². The largest absolute Gasteiger partial charge is 0.462 e. The number of carbonyl (C=O) groups is 4. The number of rotatable bonds is 30. The second-order valence-electron chi connectivity index (χ2n) is 15.0. The highest BCUT2D eigenvalue weighted by molar-refractivity contribution is 5.99. The van der Waals surface area contributed by atoms with Crippen LogP contribution in [0, 0.1) is 0 Å². The third-order valence-electron chi connectivity index (χ3n) is 9.86. The zero-order valence-corrected chi connectivity index (χ0v) is 35.1. The number of carbonyl (C=O) groups excluding carboxylic acids is 4. The van der Waals surface area contributed by atoms with E-state index in [-0.39, 0.29) is 75.1 Å². The summed E-state index contributed by atoms with van der Waals surface area (Å²) in [5, 5.41) is 74.5. The Labute approximate surface area is 361 Å². The number of aliphatic hydroxyl groups is 8. The van der Waals surface area contributed by atoms with E-state index in [2.05, 4.69) is 0 Å². The molecule has 4 unspecified atom stereocenters. The van der Waals surface area contributed by atoms with Crippen LogP contribution in [0.2, 0.25) is 0 Å². The average Bonchev–Trinajstić information content (AvgIpc) is 3.29. The van der Waals surface area contributed by atoms with Crippen molar-refractivity contribution >= 4 is 23.9 Å². The van der Waals surface area contributed by atoms with Crippen LogP contribution in [0.4, 0.5) is 0 Å². The maximum atomic E-state index is 13.2. The fourth-order valence-corrected chi connectivity index (χ4v) is 6.20. The van der Waals surface area contributed by atoms with Gasteiger partial charge in [0.25, 0.3) is 0 Å².